The fraction of sp³-hybridized carbons (Fsp3) is 0.889. The van der Waals surface area contributed by atoms with E-state index in [0.717, 1.165) is 13.1 Å². The molecule has 0 radical (unpaired) electrons. The molecule has 0 aliphatic carbocycles. The maximum Gasteiger partial charge on any atom is 0.408 e. The van der Waals surface area contributed by atoms with Gasteiger partial charge in [0.15, 0.2) is 0 Å². The number of carbonyl (C=O) groups is 1. The first-order valence-electron chi connectivity index (χ1n) is 4.53. The van der Waals surface area contributed by atoms with Crippen molar-refractivity contribution < 1.29 is 9.53 Å². The largest absolute Gasteiger partial charge is 0.444 e. The van der Waals surface area contributed by atoms with Gasteiger partial charge in [-0.3, -0.25) is 0 Å². The van der Waals surface area contributed by atoms with E-state index >= 15 is 0 Å². The van der Waals surface area contributed by atoms with Gasteiger partial charge in [0.05, 0.1) is 5.54 Å². The van der Waals surface area contributed by atoms with Gasteiger partial charge in [0.25, 0.3) is 0 Å². The summed E-state index contributed by atoms with van der Waals surface area (Å²) < 4.78 is 5.13. The lowest BCUT2D eigenvalue weighted by Gasteiger charge is -2.40. The van der Waals surface area contributed by atoms with E-state index in [2.05, 4.69) is 10.6 Å². The molecule has 1 heterocycles. The minimum Gasteiger partial charge on any atom is -0.444 e. The summed E-state index contributed by atoms with van der Waals surface area (Å²) in [5.74, 6) is 0. The molecule has 1 fully saturated rings. The van der Waals surface area contributed by atoms with Crippen molar-refractivity contribution in [3.8, 4) is 0 Å². The van der Waals surface area contributed by atoms with Crippen molar-refractivity contribution in [2.75, 3.05) is 13.1 Å². The molecule has 0 saturated carbocycles. The molecule has 1 aliphatic rings. The number of amides is 1. The van der Waals surface area contributed by atoms with Crippen LogP contribution in [-0.4, -0.2) is 30.3 Å². The number of hydrogen-bond acceptors (Lipinski definition) is 3. The van der Waals surface area contributed by atoms with Crippen LogP contribution in [0.5, 0.6) is 0 Å². The predicted molar refractivity (Wildman–Crippen MR) is 50.6 cm³/mol. The minimum atomic E-state index is -0.419. The van der Waals surface area contributed by atoms with Gasteiger partial charge in [0, 0.05) is 13.1 Å². The van der Waals surface area contributed by atoms with Gasteiger partial charge in [-0.25, -0.2) is 4.79 Å². The zero-order valence-corrected chi connectivity index (χ0v) is 8.73. The van der Waals surface area contributed by atoms with Crippen molar-refractivity contribution in [2.45, 2.75) is 38.8 Å². The van der Waals surface area contributed by atoms with Crippen molar-refractivity contribution in [1.82, 2.24) is 10.6 Å². The summed E-state index contributed by atoms with van der Waals surface area (Å²) in [5.41, 5.74) is -0.542. The van der Waals surface area contributed by atoms with Crippen LogP contribution in [0.4, 0.5) is 4.79 Å². The Balaban J connectivity index is 2.33. The summed E-state index contributed by atoms with van der Waals surface area (Å²) in [7, 11) is 0. The van der Waals surface area contributed by atoms with E-state index in [1.54, 1.807) is 0 Å². The normalized spacial score (nSPS) is 20.3. The van der Waals surface area contributed by atoms with Crippen molar-refractivity contribution in [1.29, 1.82) is 0 Å². The zero-order chi connectivity index (χ0) is 10.1. The van der Waals surface area contributed by atoms with E-state index in [0.29, 0.717) is 0 Å². The molecule has 1 amide bonds. The van der Waals surface area contributed by atoms with Crippen LogP contribution in [0.2, 0.25) is 0 Å². The smallest absolute Gasteiger partial charge is 0.408 e. The van der Waals surface area contributed by atoms with Gasteiger partial charge in [0.2, 0.25) is 0 Å². The summed E-state index contributed by atoms with van der Waals surface area (Å²) in [6.07, 6.45) is -0.337. The van der Waals surface area contributed by atoms with Crippen molar-refractivity contribution >= 4 is 6.09 Å². The molecule has 0 bridgehead atoms. The molecule has 0 aromatic rings. The molecule has 4 heteroatoms. The molecule has 1 aliphatic heterocycles. The van der Waals surface area contributed by atoms with Crippen LogP contribution in [0.25, 0.3) is 0 Å². The highest BCUT2D eigenvalue weighted by atomic mass is 16.6. The van der Waals surface area contributed by atoms with Gasteiger partial charge in [-0.05, 0) is 27.7 Å². The zero-order valence-electron chi connectivity index (χ0n) is 8.73. The Morgan fingerprint density at radius 1 is 1.46 bits per heavy atom. The molecule has 0 aromatic carbocycles. The molecule has 4 nitrogen and oxygen atoms in total. The summed E-state index contributed by atoms with van der Waals surface area (Å²) in [4.78, 5) is 11.3. The number of alkyl carbamates (subject to hydrolysis) is 1. The standard InChI is InChI=1S/C9H18N2O2/c1-8(2,3)13-7(12)11-9(4)5-10-6-9/h10H,5-6H2,1-4H3,(H,11,12). The van der Waals surface area contributed by atoms with E-state index in [9.17, 15) is 4.79 Å². The fourth-order valence-corrected chi connectivity index (χ4v) is 1.14. The van der Waals surface area contributed by atoms with E-state index in [4.69, 9.17) is 4.74 Å². The third kappa shape index (κ3) is 3.22. The predicted octanol–water partition coefficient (Wildman–Crippen LogP) is 0.873. The van der Waals surface area contributed by atoms with Gasteiger partial charge >= 0.3 is 6.09 Å². The first-order valence-corrected chi connectivity index (χ1v) is 4.53. The Bertz CT molecular complexity index is 204. The van der Waals surface area contributed by atoms with Crippen LogP contribution in [0, 0.1) is 0 Å². The summed E-state index contributed by atoms with van der Waals surface area (Å²) in [6.45, 7) is 9.18. The second kappa shape index (κ2) is 3.18. The Hall–Kier alpha value is -0.770. The van der Waals surface area contributed by atoms with E-state index in [1.807, 2.05) is 27.7 Å². The lowest BCUT2D eigenvalue weighted by Crippen LogP contribution is -2.67. The SMILES string of the molecule is CC1(NC(=O)OC(C)(C)C)CNC1. The maximum absolute atomic E-state index is 11.3. The molecule has 1 rings (SSSR count). The average molecular weight is 186 g/mol. The monoisotopic (exact) mass is 186 g/mol. The second-order valence-electron chi connectivity index (χ2n) is 4.79. The lowest BCUT2D eigenvalue weighted by molar-refractivity contribution is 0.0428. The van der Waals surface area contributed by atoms with Crippen molar-refractivity contribution in [3.63, 3.8) is 0 Å². The van der Waals surface area contributed by atoms with E-state index < -0.39 is 5.60 Å². The van der Waals surface area contributed by atoms with Crippen molar-refractivity contribution in [2.24, 2.45) is 0 Å². The molecule has 0 unspecified atom stereocenters. The highest BCUT2D eigenvalue weighted by molar-refractivity contribution is 5.69. The van der Waals surface area contributed by atoms with E-state index in [-0.39, 0.29) is 11.6 Å². The van der Waals surface area contributed by atoms with Crippen LogP contribution < -0.4 is 10.6 Å². The van der Waals surface area contributed by atoms with Crippen LogP contribution in [0.1, 0.15) is 27.7 Å². The molecular formula is C9H18N2O2. The van der Waals surface area contributed by atoms with Gasteiger partial charge in [-0.2, -0.15) is 0 Å². The van der Waals surface area contributed by atoms with Crippen LogP contribution >= 0.6 is 0 Å². The van der Waals surface area contributed by atoms with E-state index in [1.165, 1.54) is 0 Å². The Labute approximate surface area is 79.0 Å². The number of hydrogen-bond donors (Lipinski definition) is 2. The Morgan fingerprint density at radius 2 is 2.00 bits per heavy atom. The lowest BCUT2D eigenvalue weighted by atomic mass is 9.96. The van der Waals surface area contributed by atoms with Crippen LogP contribution in [0.15, 0.2) is 0 Å². The molecular weight excluding hydrogens is 168 g/mol. The quantitative estimate of drug-likeness (QED) is 0.639. The Kier molecular flexibility index (Phi) is 2.52. The molecule has 0 spiro atoms. The topological polar surface area (TPSA) is 50.4 Å². The molecule has 13 heavy (non-hydrogen) atoms. The molecule has 0 atom stereocenters. The molecule has 2 N–H and O–H groups in total. The number of nitrogens with one attached hydrogen (secondary N) is 2. The summed E-state index contributed by atoms with van der Waals surface area (Å²) in [5, 5.41) is 5.93. The third-order valence-corrected chi connectivity index (χ3v) is 1.83. The number of ether oxygens (including phenoxy) is 1. The minimum absolute atomic E-state index is 0.123. The first kappa shape index (κ1) is 10.3. The summed E-state index contributed by atoms with van der Waals surface area (Å²) in [6, 6.07) is 0. The van der Waals surface area contributed by atoms with Gasteiger partial charge < -0.3 is 15.4 Å². The average Bonchev–Trinajstić information content (AvgIpc) is 1.79. The number of rotatable bonds is 1. The molecule has 0 aromatic heterocycles. The van der Waals surface area contributed by atoms with Gasteiger partial charge in [-0.1, -0.05) is 0 Å². The maximum atomic E-state index is 11.3. The van der Waals surface area contributed by atoms with Crippen LogP contribution in [-0.2, 0) is 4.74 Å². The summed E-state index contributed by atoms with van der Waals surface area (Å²) >= 11 is 0. The number of carbonyl (C=O) groups excluding carboxylic acids is 1. The highest BCUT2D eigenvalue weighted by Gasteiger charge is 2.34. The second-order valence-corrected chi connectivity index (χ2v) is 4.79. The third-order valence-electron chi connectivity index (χ3n) is 1.83. The van der Waals surface area contributed by atoms with Gasteiger partial charge in [-0.15, -0.1) is 0 Å². The van der Waals surface area contributed by atoms with Gasteiger partial charge in [0.1, 0.15) is 5.60 Å². The van der Waals surface area contributed by atoms with Crippen molar-refractivity contribution in [3.05, 3.63) is 0 Å². The fourth-order valence-electron chi connectivity index (χ4n) is 1.14. The van der Waals surface area contributed by atoms with Crippen LogP contribution in [0.3, 0.4) is 0 Å². The molecule has 1 saturated heterocycles. The Morgan fingerprint density at radius 3 is 2.31 bits per heavy atom. The first-order chi connectivity index (χ1) is 5.81. The highest BCUT2D eigenvalue weighted by Crippen LogP contribution is 2.12. The molecule has 76 valence electrons.